The van der Waals surface area contributed by atoms with E-state index in [1.165, 1.54) is 212 Å². The van der Waals surface area contributed by atoms with Gasteiger partial charge in [0.05, 0.1) is 26.4 Å². The zero-order chi connectivity index (χ0) is 71.4. The van der Waals surface area contributed by atoms with Gasteiger partial charge >= 0.3 is 39.5 Å². The number of phosphoric acid groups is 2. The summed E-state index contributed by atoms with van der Waals surface area (Å²) in [4.78, 5) is 72.8. The number of aliphatic hydroxyl groups excluding tert-OH is 1. The van der Waals surface area contributed by atoms with Crippen LogP contribution in [0.4, 0.5) is 0 Å². The molecule has 5 atom stereocenters. The van der Waals surface area contributed by atoms with Crippen LogP contribution in [0.3, 0.4) is 0 Å². The molecule has 0 aliphatic carbocycles. The lowest BCUT2D eigenvalue weighted by Crippen LogP contribution is -2.30. The standard InChI is InChI=1S/C78H152O17P2/c1-7-9-11-13-15-16-17-18-19-20-23-26-32-37-43-49-55-61-76(81)89-67-74(95-78(83)62-56-50-44-38-33-27-24-21-22-25-30-35-41-46-52-58-70(3)4)69-93-97(86,87)91-65-72(79)64-90-96(84,85)92-68-73(66-88-75(80)60-54-48-40-14-12-10-8-2)94-77(82)63-57-51-45-39-34-29-28-31-36-42-47-53-59-71(5)6/h70-74,79H,7-69H2,1-6H3,(H,84,85)(H,86,87)/t72-,73+,74+/m0/s1. The third-order valence-electron chi connectivity index (χ3n) is 18.2. The molecule has 0 radical (unpaired) electrons. The third kappa shape index (κ3) is 72.2. The van der Waals surface area contributed by atoms with E-state index >= 15 is 0 Å². The maximum atomic E-state index is 13.1. The lowest BCUT2D eigenvalue weighted by Gasteiger charge is -2.21. The molecule has 0 spiro atoms. The van der Waals surface area contributed by atoms with Gasteiger partial charge in [0, 0.05) is 25.7 Å². The van der Waals surface area contributed by atoms with Crippen molar-refractivity contribution in [3.8, 4) is 0 Å². The van der Waals surface area contributed by atoms with E-state index in [4.69, 9.17) is 37.0 Å². The minimum Gasteiger partial charge on any atom is -0.462 e. The first-order chi connectivity index (χ1) is 46.9. The van der Waals surface area contributed by atoms with Gasteiger partial charge in [-0.2, -0.15) is 0 Å². The average molecular weight is 1420 g/mol. The molecule has 19 heteroatoms. The predicted molar refractivity (Wildman–Crippen MR) is 395 cm³/mol. The molecule has 3 N–H and O–H groups in total. The van der Waals surface area contributed by atoms with Gasteiger partial charge < -0.3 is 33.8 Å². The average Bonchev–Trinajstić information content (AvgIpc) is 1.28. The van der Waals surface area contributed by atoms with Crippen LogP contribution in [-0.4, -0.2) is 96.7 Å². The fraction of sp³-hybridized carbons (Fsp3) is 0.949. The number of phosphoric ester groups is 2. The molecule has 0 saturated carbocycles. The first-order valence-electron chi connectivity index (χ1n) is 40.5. The van der Waals surface area contributed by atoms with E-state index in [0.717, 1.165) is 115 Å². The number of carbonyl (C=O) groups excluding carboxylic acids is 4. The molecule has 0 rings (SSSR count). The summed E-state index contributed by atoms with van der Waals surface area (Å²) < 4.78 is 68.5. The summed E-state index contributed by atoms with van der Waals surface area (Å²) in [5.41, 5.74) is 0. The maximum Gasteiger partial charge on any atom is 0.472 e. The molecule has 17 nitrogen and oxygen atoms in total. The molecule has 0 aromatic rings. The molecule has 0 aliphatic heterocycles. The Kier molecular flexibility index (Phi) is 68.4. The van der Waals surface area contributed by atoms with Crippen LogP contribution in [0, 0.1) is 11.8 Å². The third-order valence-corrected chi connectivity index (χ3v) is 20.1. The smallest absolute Gasteiger partial charge is 0.462 e. The van der Waals surface area contributed by atoms with Crippen molar-refractivity contribution in [2.24, 2.45) is 11.8 Å². The highest BCUT2D eigenvalue weighted by atomic mass is 31.2. The topological polar surface area (TPSA) is 237 Å². The Balaban J connectivity index is 5.19. The van der Waals surface area contributed by atoms with Crippen LogP contribution in [0.5, 0.6) is 0 Å². The summed E-state index contributed by atoms with van der Waals surface area (Å²) in [5.74, 6) is -0.537. The van der Waals surface area contributed by atoms with Crippen molar-refractivity contribution in [2.45, 2.75) is 426 Å². The van der Waals surface area contributed by atoms with Crippen LogP contribution in [0.15, 0.2) is 0 Å². The van der Waals surface area contributed by atoms with E-state index in [9.17, 15) is 43.2 Å². The van der Waals surface area contributed by atoms with Crippen molar-refractivity contribution in [2.75, 3.05) is 39.6 Å². The SMILES string of the molecule is CCCCCCCCCCCCCCCCCCCC(=O)OC[C@H](COP(=O)(O)OC[C@@H](O)COP(=O)(O)OC[C@@H](COC(=O)CCCCCCCCC)OC(=O)CCCCCCCCCCCCCCC(C)C)OC(=O)CCCCCCCCCCCCCCCCCC(C)C. The Bertz CT molecular complexity index is 1870. The zero-order valence-corrected chi connectivity index (χ0v) is 65.2. The minimum absolute atomic E-state index is 0.107. The lowest BCUT2D eigenvalue weighted by atomic mass is 10.0. The molecule has 0 bridgehead atoms. The summed E-state index contributed by atoms with van der Waals surface area (Å²) in [5, 5.41) is 10.6. The van der Waals surface area contributed by atoms with Crippen LogP contribution in [0.25, 0.3) is 0 Å². The van der Waals surface area contributed by atoms with E-state index in [1.807, 2.05) is 0 Å². The Labute approximate surface area is 594 Å². The number of hydrogen-bond acceptors (Lipinski definition) is 15. The quantitative estimate of drug-likeness (QED) is 0.0222. The van der Waals surface area contributed by atoms with E-state index in [1.54, 1.807) is 0 Å². The van der Waals surface area contributed by atoms with Gasteiger partial charge in [0.1, 0.15) is 19.3 Å². The van der Waals surface area contributed by atoms with Crippen LogP contribution in [-0.2, 0) is 65.4 Å². The van der Waals surface area contributed by atoms with Crippen molar-refractivity contribution in [1.82, 2.24) is 0 Å². The first-order valence-corrected chi connectivity index (χ1v) is 43.5. The molecule has 0 amide bonds. The second-order valence-electron chi connectivity index (χ2n) is 29.1. The van der Waals surface area contributed by atoms with Crippen molar-refractivity contribution in [3.63, 3.8) is 0 Å². The summed E-state index contributed by atoms with van der Waals surface area (Å²) >= 11 is 0. The van der Waals surface area contributed by atoms with Crippen LogP contribution >= 0.6 is 15.6 Å². The molecule has 2 unspecified atom stereocenters. The molecule has 0 aliphatic rings. The van der Waals surface area contributed by atoms with Gasteiger partial charge in [-0.1, -0.05) is 356 Å². The molecule has 0 fully saturated rings. The Hall–Kier alpha value is -1.94. The lowest BCUT2D eigenvalue weighted by molar-refractivity contribution is -0.161. The highest BCUT2D eigenvalue weighted by Crippen LogP contribution is 2.45. The first kappa shape index (κ1) is 95.1. The molecule has 97 heavy (non-hydrogen) atoms. The summed E-state index contributed by atoms with van der Waals surface area (Å²) in [6.07, 6.45) is 58.4. The highest BCUT2D eigenvalue weighted by Gasteiger charge is 2.30. The van der Waals surface area contributed by atoms with Gasteiger partial charge in [-0.3, -0.25) is 37.3 Å². The number of unbranched alkanes of at least 4 members (excludes halogenated alkanes) is 47. The van der Waals surface area contributed by atoms with E-state index in [0.29, 0.717) is 25.7 Å². The molecular formula is C78H152O17P2. The van der Waals surface area contributed by atoms with Crippen LogP contribution in [0.2, 0.25) is 0 Å². The summed E-state index contributed by atoms with van der Waals surface area (Å²) in [7, 11) is -9.91. The van der Waals surface area contributed by atoms with Crippen LogP contribution in [0.1, 0.15) is 408 Å². The van der Waals surface area contributed by atoms with E-state index in [2.05, 4.69) is 41.5 Å². The fourth-order valence-corrected chi connectivity index (χ4v) is 13.6. The number of carbonyl (C=O) groups is 4. The summed E-state index contributed by atoms with van der Waals surface area (Å²) in [6, 6.07) is 0. The zero-order valence-electron chi connectivity index (χ0n) is 63.4. The van der Waals surface area contributed by atoms with Crippen molar-refractivity contribution < 1.29 is 80.2 Å². The van der Waals surface area contributed by atoms with Gasteiger partial charge in [0.15, 0.2) is 12.2 Å². The van der Waals surface area contributed by atoms with Gasteiger partial charge in [-0.15, -0.1) is 0 Å². The number of hydrogen-bond donors (Lipinski definition) is 3. The predicted octanol–water partition coefficient (Wildman–Crippen LogP) is 23.1. The molecule has 0 saturated heterocycles. The Morgan fingerprint density at radius 3 is 0.701 bits per heavy atom. The molecule has 0 aromatic heterocycles. The normalized spacial score (nSPS) is 14.0. The van der Waals surface area contributed by atoms with Crippen molar-refractivity contribution >= 4 is 39.5 Å². The molecule has 0 aromatic carbocycles. The number of rotatable bonds is 77. The minimum atomic E-state index is -4.96. The van der Waals surface area contributed by atoms with Gasteiger partial charge in [-0.25, -0.2) is 9.13 Å². The molecule has 576 valence electrons. The Morgan fingerprint density at radius 2 is 0.474 bits per heavy atom. The van der Waals surface area contributed by atoms with E-state index < -0.39 is 97.5 Å². The second-order valence-corrected chi connectivity index (χ2v) is 32.0. The van der Waals surface area contributed by atoms with Gasteiger partial charge in [0.2, 0.25) is 0 Å². The van der Waals surface area contributed by atoms with Gasteiger partial charge in [0.25, 0.3) is 0 Å². The molecular weight excluding hydrogens is 1270 g/mol. The van der Waals surface area contributed by atoms with E-state index in [-0.39, 0.29) is 25.7 Å². The number of aliphatic hydroxyl groups is 1. The monoisotopic (exact) mass is 1420 g/mol. The highest BCUT2D eigenvalue weighted by molar-refractivity contribution is 7.47. The van der Waals surface area contributed by atoms with Gasteiger partial charge in [-0.05, 0) is 37.5 Å². The number of esters is 4. The van der Waals surface area contributed by atoms with Crippen molar-refractivity contribution in [1.29, 1.82) is 0 Å². The second kappa shape index (κ2) is 69.8. The number of ether oxygens (including phenoxy) is 4. The van der Waals surface area contributed by atoms with Crippen LogP contribution < -0.4 is 0 Å². The Morgan fingerprint density at radius 1 is 0.278 bits per heavy atom. The summed E-state index contributed by atoms with van der Waals surface area (Å²) in [6.45, 7) is 9.61. The maximum absolute atomic E-state index is 13.1. The van der Waals surface area contributed by atoms with Crippen molar-refractivity contribution in [3.05, 3.63) is 0 Å². The molecule has 0 heterocycles. The fourth-order valence-electron chi connectivity index (χ4n) is 12.0. The largest absolute Gasteiger partial charge is 0.472 e.